The number of nitrogens with one attached hydrogen (secondary N) is 1. The molecule has 1 N–H and O–H groups in total. The summed E-state index contributed by atoms with van der Waals surface area (Å²) in [5.41, 5.74) is 4.00. The molecule has 0 saturated heterocycles. The molecule has 6 heteroatoms. The van der Waals surface area contributed by atoms with Crippen LogP contribution in [0.4, 0.5) is 5.69 Å². The predicted molar refractivity (Wildman–Crippen MR) is 105 cm³/mol. The molecule has 0 atom stereocenters. The number of nitrogens with zero attached hydrogens (tertiary/aromatic N) is 1. The standard InChI is InChI=1S/C19H17BrN2O2S/c1-12-7-13(2)9-16(8-12)22-18(23)11-25-19-21-10-17(24-19)14-3-5-15(20)6-4-14/h3-10H,11H2,1-2H3,(H,22,23). The van der Waals surface area contributed by atoms with Crippen molar-refractivity contribution in [1.82, 2.24) is 4.98 Å². The van der Waals surface area contributed by atoms with Crippen LogP contribution in [-0.4, -0.2) is 16.6 Å². The first kappa shape index (κ1) is 17.8. The number of carbonyl (C=O) groups excluding carboxylic acids is 1. The fourth-order valence-corrected chi connectivity index (χ4v) is 3.31. The number of aryl methyl sites for hydroxylation is 2. The van der Waals surface area contributed by atoms with E-state index in [1.807, 2.05) is 50.2 Å². The molecule has 0 fully saturated rings. The largest absolute Gasteiger partial charge is 0.431 e. The van der Waals surface area contributed by atoms with E-state index in [1.165, 1.54) is 11.8 Å². The SMILES string of the molecule is Cc1cc(C)cc(NC(=O)CSc2ncc(-c3ccc(Br)cc3)o2)c1. The fraction of sp³-hybridized carbons (Fsp3) is 0.158. The zero-order valence-corrected chi connectivity index (χ0v) is 16.3. The third-order valence-electron chi connectivity index (χ3n) is 3.45. The summed E-state index contributed by atoms with van der Waals surface area (Å²) in [6, 6.07) is 13.8. The molecule has 1 heterocycles. The van der Waals surface area contributed by atoms with Gasteiger partial charge in [-0.3, -0.25) is 4.79 Å². The van der Waals surface area contributed by atoms with Crippen LogP contribution < -0.4 is 5.32 Å². The van der Waals surface area contributed by atoms with Crippen LogP contribution in [0.15, 0.2) is 62.8 Å². The van der Waals surface area contributed by atoms with Crippen LogP contribution in [0.25, 0.3) is 11.3 Å². The van der Waals surface area contributed by atoms with Crippen molar-refractivity contribution in [2.45, 2.75) is 19.1 Å². The lowest BCUT2D eigenvalue weighted by molar-refractivity contribution is -0.113. The second kappa shape index (κ2) is 7.89. The van der Waals surface area contributed by atoms with Crippen molar-refractivity contribution in [3.05, 3.63) is 64.3 Å². The summed E-state index contributed by atoms with van der Waals surface area (Å²) in [5, 5.41) is 3.38. The number of rotatable bonds is 5. The van der Waals surface area contributed by atoms with Crippen LogP contribution in [0.5, 0.6) is 0 Å². The van der Waals surface area contributed by atoms with Gasteiger partial charge < -0.3 is 9.73 Å². The van der Waals surface area contributed by atoms with Crippen molar-refractivity contribution in [3.63, 3.8) is 0 Å². The van der Waals surface area contributed by atoms with Crippen LogP contribution >= 0.6 is 27.7 Å². The number of amides is 1. The van der Waals surface area contributed by atoms with E-state index in [0.717, 1.165) is 26.9 Å². The zero-order valence-electron chi connectivity index (χ0n) is 13.9. The number of oxazole rings is 1. The van der Waals surface area contributed by atoms with Crippen molar-refractivity contribution in [1.29, 1.82) is 0 Å². The van der Waals surface area contributed by atoms with E-state index in [4.69, 9.17) is 4.42 Å². The average Bonchev–Trinajstić information content (AvgIpc) is 3.01. The molecule has 1 aromatic heterocycles. The Morgan fingerprint density at radius 1 is 1.16 bits per heavy atom. The van der Waals surface area contributed by atoms with E-state index in [1.54, 1.807) is 6.20 Å². The molecule has 25 heavy (non-hydrogen) atoms. The zero-order chi connectivity index (χ0) is 17.8. The number of hydrogen-bond acceptors (Lipinski definition) is 4. The van der Waals surface area contributed by atoms with Gasteiger partial charge in [0.1, 0.15) is 0 Å². The van der Waals surface area contributed by atoms with Gasteiger partial charge in [-0.05, 0) is 49.2 Å². The molecule has 1 amide bonds. The molecule has 3 aromatic rings. The number of aromatic nitrogens is 1. The topological polar surface area (TPSA) is 55.1 Å². The van der Waals surface area contributed by atoms with Crippen molar-refractivity contribution in [2.24, 2.45) is 0 Å². The normalized spacial score (nSPS) is 10.7. The molecule has 3 rings (SSSR count). The Morgan fingerprint density at radius 3 is 2.52 bits per heavy atom. The predicted octanol–water partition coefficient (Wildman–Crippen LogP) is 5.45. The van der Waals surface area contributed by atoms with Crippen molar-refractivity contribution in [2.75, 3.05) is 11.1 Å². The lowest BCUT2D eigenvalue weighted by atomic mass is 10.1. The Labute approximate surface area is 159 Å². The molecular weight excluding hydrogens is 400 g/mol. The van der Waals surface area contributed by atoms with E-state index in [2.05, 4.69) is 32.3 Å². The summed E-state index contributed by atoms with van der Waals surface area (Å²) < 4.78 is 6.71. The highest BCUT2D eigenvalue weighted by Gasteiger charge is 2.10. The summed E-state index contributed by atoms with van der Waals surface area (Å²) in [6.45, 7) is 4.02. The van der Waals surface area contributed by atoms with Crippen molar-refractivity contribution >= 4 is 39.3 Å². The van der Waals surface area contributed by atoms with Gasteiger partial charge in [-0.25, -0.2) is 4.98 Å². The Balaban J connectivity index is 1.58. The molecule has 128 valence electrons. The van der Waals surface area contributed by atoms with E-state index in [9.17, 15) is 4.79 Å². The maximum Gasteiger partial charge on any atom is 0.256 e. The maximum absolute atomic E-state index is 12.1. The molecule has 0 aliphatic rings. The molecule has 0 bridgehead atoms. The van der Waals surface area contributed by atoms with Gasteiger partial charge >= 0.3 is 0 Å². The molecule has 0 unspecified atom stereocenters. The van der Waals surface area contributed by atoms with E-state index < -0.39 is 0 Å². The molecule has 0 spiro atoms. The first-order valence-corrected chi connectivity index (χ1v) is 9.50. The van der Waals surface area contributed by atoms with Crippen molar-refractivity contribution < 1.29 is 9.21 Å². The Bertz CT molecular complexity index is 870. The van der Waals surface area contributed by atoms with Gasteiger partial charge in [0.25, 0.3) is 5.22 Å². The van der Waals surface area contributed by atoms with Crippen LogP contribution in [0.1, 0.15) is 11.1 Å². The highest BCUT2D eigenvalue weighted by Crippen LogP contribution is 2.26. The van der Waals surface area contributed by atoms with Gasteiger partial charge in [-0.1, -0.05) is 45.9 Å². The van der Waals surface area contributed by atoms with Crippen LogP contribution in [0.2, 0.25) is 0 Å². The van der Waals surface area contributed by atoms with Crippen molar-refractivity contribution in [3.8, 4) is 11.3 Å². The summed E-state index contributed by atoms with van der Waals surface area (Å²) in [4.78, 5) is 16.3. The van der Waals surface area contributed by atoms with Crippen LogP contribution in [0.3, 0.4) is 0 Å². The number of anilines is 1. The molecule has 4 nitrogen and oxygen atoms in total. The quantitative estimate of drug-likeness (QED) is 0.561. The number of benzene rings is 2. The minimum atomic E-state index is -0.0848. The number of hydrogen-bond donors (Lipinski definition) is 1. The average molecular weight is 417 g/mol. The second-order valence-electron chi connectivity index (χ2n) is 5.71. The first-order valence-electron chi connectivity index (χ1n) is 7.72. The highest BCUT2D eigenvalue weighted by atomic mass is 79.9. The second-order valence-corrected chi connectivity index (χ2v) is 7.55. The fourth-order valence-electron chi connectivity index (χ4n) is 2.44. The van der Waals surface area contributed by atoms with Gasteiger partial charge in [-0.15, -0.1) is 0 Å². The summed E-state index contributed by atoms with van der Waals surface area (Å²) in [5.74, 6) is 0.843. The van der Waals surface area contributed by atoms with Gasteiger partial charge in [0.15, 0.2) is 5.76 Å². The monoisotopic (exact) mass is 416 g/mol. The lowest BCUT2D eigenvalue weighted by Crippen LogP contribution is -2.14. The highest BCUT2D eigenvalue weighted by molar-refractivity contribution is 9.10. The van der Waals surface area contributed by atoms with Gasteiger partial charge in [0, 0.05) is 15.7 Å². The number of carbonyl (C=O) groups is 1. The van der Waals surface area contributed by atoms with Gasteiger partial charge in [-0.2, -0.15) is 0 Å². The molecule has 0 saturated carbocycles. The minimum absolute atomic E-state index is 0.0848. The molecule has 0 radical (unpaired) electrons. The van der Waals surface area contributed by atoms with Gasteiger partial charge in [0.05, 0.1) is 11.9 Å². The maximum atomic E-state index is 12.1. The molecule has 0 aliphatic heterocycles. The number of thioether (sulfide) groups is 1. The Kier molecular flexibility index (Phi) is 5.60. The third-order valence-corrected chi connectivity index (χ3v) is 4.82. The van der Waals surface area contributed by atoms with Crippen LogP contribution in [-0.2, 0) is 4.79 Å². The molecule has 0 aliphatic carbocycles. The minimum Gasteiger partial charge on any atom is -0.431 e. The lowest BCUT2D eigenvalue weighted by Gasteiger charge is -2.06. The van der Waals surface area contributed by atoms with E-state index in [-0.39, 0.29) is 11.7 Å². The Hall–Kier alpha value is -2.05. The molecular formula is C19H17BrN2O2S. The first-order chi connectivity index (χ1) is 12.0. The smallest absolute Gasteiger partial charge is 0.256 e. The summed E-state index contributed by atoms with van der Waals surface area (Å²) >= 11 is 4.68. The molecule has 2 aromatic carbocycles. The number of halogens is 1. The van der Waals surface area contributed by atoms with Gasteiger partial charge in [0.2, 0.25) is 5.91 Å². The van der Waals surface area contributed by atoms with E-state index >= 15 is 0 Å². The summed E-state index contributed by atoms with van der Waals surface area (Å²) in [6.07, 6.45) is 1.67. The summed E-state index contributed by atoms with van der Waals surface area (Å²) in [7, 11) is 0. The Morgan fingerprint density at radius 2 is 1.84 bits per heavy atom. The van der Waals surface area contributed by atoms with Crippen LogP contribution in [0, 0.1) is 13.8 Å². The third kappa shape index (κ3) is 4.96. The van der Waals surface area contributed by atoms with E-state index in [0.29, 0.717) is 11.0 Å².